The molecule has 2 aromatic carbocycles. The molecule has 0 saturated carbocycles. The van der Waals surface area contributed by atoms with E-state index in [1.807, 2.05) is 46.0 Å². The number of halogens is 1. The van der Waals surface area contributed by atoms with Gasteiger partial charge in [0.2, 0.25) is 0 Å². The third-order valence-corrected chi connectivity index (χ3v) is 6.77. The first kappa shape index (κ1) is 32.3. The number of rotatable bonds is 3. The molecular weight excluding hydrogens is 509 g/mol. The molecule has 1 aliphatic rings. The topological polar surface area (TPSA) is 76.7 Å². The lowest BCUT2D eigenvalue weighted by molar-refractivity contribution is 0.0220. The van der Waals surface area contributed by atoms with Crippen LogP contribution in [0.15, 0.2) is 59.5 Å². The molecule has 0 saturated heterocycles. The maximum Gasteiger partial charge on any atom is 0.410 e. The zero-order chi connectivity index (χ0) is 26.5. The molecule has 1 N–H and O–H groups in total. The molecular formula is C32H42FN3O4. The Labute approximate surface area is 236 Å². The highest BCUT2D eigenvalue weighted by Gasteiger charge is 2.29. The minimum Gasteiger partial charge on any atom is -0.444 e. The SMILES string of the molecule is C.C.C.Cn1c2c(c3ccc(-n4ccc(-c5ccc(CO)cc5F)cc4=O)cc31)CCN(C(=O)OC(C)(C)C)C2. The van der Waals surface area contributed by atoms with E-state index >= 15 is 0 Å². The number of carbonyl (C=O) groups is 1. The average Bonchev–Trinajstić information content (AvgIpc) is 3.13. The maximum absolute atomic E-state index is 14.5. The van der Waals surface area contributed by atoms with E-state index in [2.05, 4.69) is 4.57 Å². The molecule has 0 bridgehead atoms. The summed E-state index contributed by atoms with van der Waals surface area (Å²) >= 11 is 0. The number of hydrogen-bond donors (Lipinski definition) is 1. The number of hydrogen-bond acceptors (Lipinski definition) is 4. The number of nitrogens with zero attached hydrogens (tertiary/aromatic N) is 3. The van der Waals surface area contributed by atoms with E-state index in [-0.39, 0.29) is 40.5 Å². The van der Waals surface area contributed by atoms with Crippen LogP contribution in [0.5, 0.6) is 0 Å². The fourth-order valence-corrected chi connectivity index (χ4v) is 4.93. The predicted molar refractivity (Wildman–Crippen MR) is 160 cm³/mol. The van der Waals surface area contributed by atoms with Gasteiger partial charge in [-0.3, -0.25) is 9.36 Å². The second-order valence-electron chi connectivity index (χ2n) is 10.4. The van der Waals surface area contributed by atoms with Gasteiger partial charge in [-0.1, -0.05) is 40.5 Å². The molecule has 0 aliphatic carbocycles. The molecule has 0 fully saturated rings. The van der Waals surface area contributed by atoms with Crippen molar-refractivity contribution >= 4 is 17.0 Å². The summed E-state index contributed by atoms with van der Waals surface area (Å²) in [5, 5.41) is 10.3. The molecule has 0 spiro atoms. The molecule has 3 heterocycles. The first-order valence-electron chi connectivity index (χ1n) is 12.3. The van der Waals surface area contributed by atoms with Crippen molar-refractivity contribution in [1.82, 2.24) is 14.0 Å². The Morgan fingerprint density at radius 3 is 2.40 bits per heavy atom. The molecule has 1 amide bonds. The number of aliphatic hydroxyl groups excluding tert-OH is 1. The number of ether oxygens (including phenoxy) is 1. The van der Waals surface area contributed by atoms with Gasteiger partial charge in [-0.2, -0.15) is 0 Å². The number of amides is 1. The van der Waals surface area contributed by atoms with Gasteiger partial charge in [-0.05, 0) is 68.1 Å². The summed E-state index contributed by atoms with van der Waals surface area (Å²) in [4.78, 5) is 27.4. The van der Waals surface area contributed by atoms with E-state index in [0.29, 0.717) is 35.5 Å². The fraction of sp³-hybridized carbons (Fsp3) is 0.375. The summed E-state index contributed by atoms with van der Waals surface area (Å²) < 4.78 is 23.7. The minimum atomic E-state index is -0.553. The highest BCUT2D eigenvalue weighted by atomic mass is 19.1. The second-order valence-corrected chi connectivity index (χ2v) is 10.4. The fourth-order valence-electron chi connectivity index (χ4n) is 4.93. The van der Waals surface area contributed by atoms with Gasteiger partial charge in [0.15, 0.2) is 0 Å². The molecule has 2 aromatic heterocycles. The first-order valence-corrected chi connectivity index (χ1v) is 12.3. The molecule has 1 aliphatic heterocycles. The van der Waals surface area contributed by atoms with E-state index in [4.69, 9.17) is 4.74 Å². The van der Waals surface area contributed by atoms with Crippen molar-refractivity contribution in [2.45, 2.75) is 68.2 Å². The van der Waals surface area contributed by atoms with Gasteiger partial charge >= 0.3 is 6.09 Å². The van der Waals surface area contributed by atoms with Crippen LogP contribution in [0.4, 0.5) is 9.18 Å². The normalized spacial score (nSPS) is 12.6. The maximum atomic E-state index is 14.5. The van der Waals surface area contributed by atoms with Crippen LogP contribution in [0.1, 0.15) is 59.9 Å². The molecule has 8 heteroatoms. The summed E-state index contributed by atoms with van der Waals surface area (Å²) in [6, 6.07) is 13.5. The summed E-state index contributed by atoms with van der Waals surface area (Å²) in [7, 11) is 1.97. The van der Waals surface area contributed by atoms with Crippen molar-refractivity contribution in [2.75, 3.05) is 6.54 Å². The van der Waals surface area contributed by atoms with Crippen LogP contribution in [-0.4, -0.2) is 37.4 Å². The largest absolute Gasteiger partial charge is 0.444 e. The molecule has 7 nitrogen and oxygen atoms in total. The summed E-state index contributed by atoms with van der Waals surface area (Å²) in [5.74, 6) is -0.486. The third kappa shape index (κ3) is 5.97. The van der Waals surface area contributed by atoms with E-state index in [9.17, 15) is 19.1 Å². The van der Waals surface area contributed by atoms with Gasteiger partial charge in [0, 0.05) is 42.5 Å². The van der Waals surface area contributed by atoms with E-state index in [1.165, 1.54) is 22.3 Å². The zero-order valence-corrected chi connectivity index (χ0v) is 21.4. The molecule has 0 atom stereocenters. The average molecular weight is 552 g/mol. The predicted octanol–water partition coefficient (Wildman–Crippen LogP) is 6.83. The van der Waals surface area contributed by atoms with Gasteiger partial charge < -0.3 is 19.3 Å². The molecule has 216 valence electrons. The first-order chi connectivity index (χ1) is 17.6. The van der Waals surface area contributed by atoms with Gasteiger partial charge in [0.1, 0.15) is 11.4 Å². The summed E-state index contributed by atoms with van der Waals surface area (Å²) in [6.45, 7) is 6.37. The number of aliphatic hydroxyl groups is 1. The summed E-state index contributed by atoms with van der Waals surface area (Å²) in [5.41, 5.74) is 4.34. The lowest BCUT2D eigenvalue weighted by atomic mass is 10.0. The van der Waals surface area contributed by atoms with E-state index in [1.54, 1.807) is 29.3 Å². The monoisotopic (exact) mass is 551 g/mol. The quantitative estimate of drug-likeness (QED) is 0.303. The van der Waals surface area contributed by atoms with Crippen molar-refractivity contribution in [2.24, 2.45) is 7.05 Å². The number of carbonyl (C=O) groups excluding carboxylic acids is 1. The van der Waals surface area contributed by atoms with Crippen LogP contribution in [0.3, 0.4) is 0 Å². The standard InChI is InChI=1S/C29H30FN3O4.3CH4/c1-29(2,3)37-28(36)32-11-10-23-22-8-6-20(15-25(22)31(4)26(23)16-32)33-12-9-19(14-27(33)35)21-7-5-18(17-34)13-24(21)30;;;/h5-9,12-15,34H,10-11,16-17H2,1-4H3;3*1H4. The van der Waals surface area contributed by atoms with E-state index in [0.717, 1.165) is 23.0 Å². The second kappa shape index (κ2) is 12.1. The Kier molecular flexibility index (Phi) is 9.76. The van der Waals surface area contributed by atoms with Crippen molar-refractivity contribution in [3.63, 3.8) is 0 Å². The van der Waals surface area contributed by atoms with Gasteiger partial charge in [-0.15, -0.1) is 0 Å². The number of aromatic nitrogens is 2. The molecule has 4 aromatic rings. The van der Waals surface area contributed by atoms with Gasteiger partial charge in [0.05, 0.1) is 24.4 Å². The Morgan fingerprint density at radius 2 is 1.77 bits per heavy atom. The lowest BCUT2D eigenvalue weighted by Gasteiger charge is -2.30. The highest BCUT2D eigenvalue weighted by molar-refractivity contribution is 5.88. The molecule has 0 unspecified atom stereocenters. The third-order valence-electron chi connectivity index (χ3n) is 6.77. The van der Waals surface area contributed by atoms with Crippen molar-refractivity contribution in [3.05, 3.63) is 87.7 Å². The van der Waals surface area contributed by atoms with E-state index < -0.39 is 11.4 Å². The Hall–Kier alpha value is -3.91. The Morgan fingerprint density at radius 1 is 1.05 bits per heavy atom. The minimum absolute atomic E-state index is 0. The highest BCUT2D eigenvalue weighted by Crippen LogP contribution is 2.32. The summed E-state index contributed by atoms with van der Waals surface area (Å²) in [6.07, 6.45) is 2.05. The van der Waals surface area contributed by atoms with Crippen LogP contribution < -0.4 is 5.56 Å². The lowest BCUT2D eigenvalue weighted by Crippen LogP contribution is -2.40. The number of aryl methyl sites for hydroxylation is 1. The Balaban J connectivity index is 0.00000187. The number of benzene rings is 2. The van der Waals surface area contributed by atoms with Crippen LogP contribution in [-0.2, 0) is 31.4 Å². The molecule has 5 rings (SSSR count). The van der Waals surface area contributed by atoms with Crippen LogP contribution in [0, 0.1) is 5.82 Å². The van der Waals surface area contributed by atoms with Crippen molar-refractivity contribution in [1.29, 1.82) is 0 Å². The smallest absolute Gasteiger partial charge is 0.410 e. The van der Waals surface area contributed by atoms with Crippen LogP contribution in [0.2, 0.25) is 0 Å². The van der Waals surface area contributed by atoms with Crippen molar-refractivity contribution < 1.29 is 19.0 Å². The van der Waals surface area contributed by atoms with Gasteiger partial charge in [-0.25, -0.2) is 9.18 Å². The van der Waals surface area contributed by atoms with Crippen molar-refractivity contribution in [3.8, 4) is 16.8 Å². The molecule has 0 radical (unpaired) electrons. The number of fused-ring (bicyclic) bond motifs is 3. The number of pyridine rings is 1. The molecule has 40 heavy (non-hydrogen) atoms. The van der Waals surface area contributed by atoms with Crippen LogP contribution in [0.25, 0.3) is 27.7 Å². The van der Waals surface area contributed by atoms with Crippen LogP contribution >= 0.6 is 0 Å². The van der Waals surface area contributed by atoms with Gasteiger partial charge in [0.25, 0.3) is 5.56 Å². The Bertz CT molecular complexity index is 1580. The zero-order valence-electron chi connectivity index (χ0n) is 21.4.